The molecule has 0 unspecified atom stereocenters. The Kier molecular flexibility index (Phi) is 4.43. The number of hydrogen-bond donors (Lipinski definition) is 0. The van der Waals surface area contributed by atoms with E-state index in [0.717, 1.165) is 10.3 Å². The quantitative estimate of drug-likeness (QED) is 0.706. The summed E-state index contributed by atoms with van der Waals surface area (Å²) in [6.45, 7) is 3.95. The second-order valence-corrected chi connectivity index (χ2v) is 6.38. The highest BCUT2D eigenvalue weighted by Crippen LogP contribution is 2.23. The predicted molar refractivity (Wildman–Crippen MR) is 95.0 cm³/mol. The minimum absolute atomic E-state index is 0.169. The van der Waals surface area contributed by atoms with Gasteiger partial charge in [0.25, 0.3) is 12.3 Å². The smallest absolute Gasteiger partial charge is 0.280 e. The van der Waals surface area contributed by atoms with Crippen molar-refractivity contribution in [2.24, 2.45) is 0 Å². The Morgan fingerprint density at radius 2 is 1.96 bits per heavy atom. The number of hydrogen-bond acceptors (Lipinski definition) is 5. The Morgan fingerprint density at radius 3 is 2.63 bits per heavy atom. The number of nitrogens with zero attached hydrogens (tertiary/aromatic N) is 6. The summed E-state index contributed by atoms with van der Waals surface area (Å²) in [7, 11) is 0. The number of piperazine rings is 1. The number of anilines is 1. The molecule has 3 aromatic rings. The Hall–Kier alpha value is -3.10. The second kappa shape index (κ2) is 6.90. The fourth-order valence-electron chi connectivity index (χ4n) is 3.27. The molecule has 0 radical (unpaired) electrons. The Bertz CT molecular complexity index is 967. The molecule has 1 aliphatic heterocycles. The van der Waals surface area contributed by atoms with Crippen LogP contribution in [0, 0.1) is 6.92 Å². The van der Waals surface area contributed by atoms with E-state index in [-0.39, 0.29) is 22.8 Å². The maximum Gasteiger partial charge on any atom is 0.280 e. The Morgan fingerprint density at radius 1 is 1.19 bits per heavy atom. The lowest BCUT2D eigenvalue weighted by Crippen LogP contribution is -2.49. The third-order valence-electron chi connectivity index (χ3n) is 4.62. The van der Waals surface area contributed by atoms with Gasteiger partial charge in [0.1, 0.15) is 17.1 Å². The van der Waals surface area contributed by atoms with Crippen molar-refractivity contribution < 1.29 is 13.6 Å². The SMILES string of the molecule is Cc1cc(C(F)F)n2ncc(C(=O)N3CCN(c4ccccn4)CC3)c2n1. The van der Waals surface area contributed by atoms with E-state index < -0.39 is 6.43 Å². The Balaban J connectivity index is 1.56. The average Bonchev–Trinajstić information content (AvgIpc) is 3.11. The lowest BCUT2D eigenvalue weighted by atomic mass is 10.2. The van der Waals surface area contributed by atoms with Crippen LogP contribution in [0.3, 0.4) is 0 Å². The first-order chi connectivity index (χ1) is 13.0. The number of fused-ring (bicyclic) bond motifs is 1. The molecule has 0 spiro atoms. The van der Waals surface area contributed by atoms with Gasteiger partial charge in [0.15, 0.2) is 5.65 Å². The normalized spacial score (nSPS) is 15.0. The summed E-state index contributed by atoms with van der Waals surface area (Å²) in [4.78, 5) is 25.3. The molecule has 140 valence electrons. The monoisotopic (exact) mass is 372 g/mol. The highest BCUT2D eigenvalue weighted by Gasteiger charge is 2.27. The van der Waals surface area contributed by atoms with Gasteiger partial charge in [0, 0.05) is 38.1 Å². The van der Waals surface area contributed by atoms with Crippen LogP contribution in [0.2, 0.25) is 0 Å². The molecular weight excluding hydrogens is 354 g/mol. The minimum atomic E-state index is -2.70. The van der Waals surface area contributed by atoms with Gasteiger partial charge in [0.05, 0.1) is 6.20 Å². The molecule has 0 N–H and O–H groups in total. The molecule has 0 bridgehead atoms. The number of carbonyl (C=O) groups excluding carboxylic acids is 1. The average molecular weight is 372 g/mol. The Labute approximate surface area is 154 Å². The van der Waals surface area contributed by atoms with Crippen LogP contribution in [0.5, 0.6) is 0 Å². The maximum atomic E-state index is 13.3. The molecule has 4 heterocycles. The van der Waals surface area contributed by atoms with E-state index in [1.54, 1.807) is 18.0 Å². The van der Waals surface area contributed by atoms with Gasteiger partial charge in [-0.2, -0.15) is 5.10 Å². The fourth-order valence-corrected chi connectivity index (χ4v) is 3.27. The van der Waals surface area contributed by atoms with Crippen LogP contribution in [0.15, 0.2) is 36.7 Å². The van der Waals surface area contributed by atoms with Crippen LogP contribution in [-0.4, -0.2) is 56.6 Å². The van der Waals surface area contributed by atoms with Gasteiger partial charge in [0.2, 0.25) is 0 Å². The number of pyridine rings is 1. The maximum absolute atomic E-state index is 13.3. The summed E-state index contributed by atoms with van der Waals surface area (Å²) in [5, 5.41) is 3.97. The van der Waals surface area contributed by atoms with Crippen LogP contribution >= 0.6 is 0 Å². The van der Waals surface area contributed by atoms with Crippen LogP contribution in [0.4, 0.5) is 14.6 Å². The number of rotatable bonds is 3. The second-order valence-electron chi connectivity index (χ2n) is 6.38. The van der Waals surface area contributed by atoms with Gasteiger partial charge in [-0.1, -0.05) is 6.07 Å². The zero-order valence-corrected chi connectivity index (χ0v) is 14.7. The standard InChI is InChI=1S/C18H18F2N6O/c1-12-10-14(16(19)20)26-17(23-12)13(11-22-26)18(27)25-8-6-24(7-9-25)15-4-2-3-5-21-15/h2-5,10-11,16H,6-9H2,1H3. The van der Waals surface area contributed by atoms with E-state index >= 15 is 0 Å². The first kappa shape index (κ1) is 17.3. The molecule has 27 heavy (non-hydrogen) atoms. The van der Waals surface area contributed by atoms with E-state index in [9.17, 15) is 13.6 Å². The highest BCUT2D eigenvalue weighted by molar-refractivity contribution is 5.99. The summed E-state index contributed by atoms with van der Waals surface area (Å²) < 4.78 is 27.6. The van der Waals surface area contributed by atoms with E-state index in [1.165, 1.54) is 12.3 Å². The van der Waals surface area contributed by atoms with Gasteiger partial charge in [-0.15, -0.1) is 0 Å². The van der Waals surface area contributed by atoms with E-state index in [4.69, 9.17) is 0 Å². The fraction of sp³-hybridized carbons (Fsp3) is 0.333. The lowest BCUT2D eigenvalue weighted by Gasteiger charge is -2.35. The van der Waals surface area contributed by atoms with Crippen molar-refractivity contribution in [3.05, 3.63) is 53.6 Å². The first-order valence-corrected chi connectivity index (χ1v) is 8.63. The summed E-state index contributed by atoms with van der Waals surface area (Å²) in [6, 6.07) is 7.00. The lowest BCUT2D eigenvalue weighted by molar-refractivity contribution is 0.0748. The summed E-state index contributed by atoms with van der Waals surface area (Å²) in [5.74, 6) is 0.628. The zero-order chi connectivity index (χ0) is 19.0. The molecule has 0 aliphatic carbocycles. The van der Waals surface area contributed by atoms with E-state index in [2.05, 4.69) is 20.0 Å². The van der Waals surface area contributed by atoms with Gasteiger partial charge in [-0.3, -0.25) is 4.79 Å². The van der Waals surface area contributed by atoms with Crippen molar-refractivity contribution in [1.82, 2.24) is 24.5 Å². The molecule has 0 aromatic carbocycles. The molecule has 9 heteroatoms. The summed E-state index contributed by atoms with van der Waals surface area (Å²) >= 11 is 0. The molecular formula is C18H18F2N6O. The summed E-state index contributed by atoms with van der Waals surface area (Å²) in [6.07, 6.45) is 0.362. The van der Waals surface area contributed by atoms with Crippen LogP contribution in [0.1, 0.15) is 28.2 Å². The zero-order valence-electron chi connectivity index (χ0n) is 14.7. The molecule has 3 aromatic heterocycles. The molecule has 0 saturated carbocycles. The predicted octanol–water partition coefficient (Wildman–Crippen LogP) is 2.33. The molecule has 4 rings (SSSR count). The third-order valence-corrected chi connectivity index (χ3v) is 4.62. The van der Waals surface area contributed by atoms with Gasteiger partial charge in [-0.25, -0.2) is 23.3 Å². The number of halogens is 2. The number of aryl methyl sites for hydroxylation is 1. The van der Waals surface area contributed by atoms with Gasteiger partial charge >= 0.3 is 0 Å². The van der Waals surface area contributed by atoms with E-state index in [0.29, 0.717) is 31.9 Å². The van der Waals surface area contributed by atoms with Gasteiger partial charge < -0.3 is 9.80 Å². The highest BCUT2D eigenvalue weighted by atomic mass is 19.3. The molecule has 7 nitrogen and oxygen atoms in total. The number of carbonyl (C=O) groups is 1. The number of amides is 1. The van der Waals surface area contributed by atoms with Crippen molar-refractivity contribution in [3.8, 4) is 0 Å². The molecule has 1 saturated heterocycles. The van der Waals surface area contributed by atoms with Crippen molar-refractivity contribution >= 4 is 17.4 Å². The molecule has 1 aliphatic rings. The van der Waals surface area contributed by atoms with Crippen molar-refractivity contribution in [2.45, 2.75) is 13.3 Å². The van der Waals surface area contributed by atoms with E-state index in [1.807, 2.05) is 18.2 Å². The largest absolute Gasteiger partial charge is 0.353 e. The topological polar surface area (TPSA) is 66.6 Å². The number of aromatic nitrogens is 4. The third kappa shape index (κ3) is 3.20. The van der Waals surface area contributed by atoms with Crippen molar-refractivity contribution in [2.75, 3.05) is 31.1 Å². The summed E-state index contributed by atoms with van der Waals surface area (Å²) in [5.41, 5.74) is 0.568. The van der Waals surface area contributed by atoms with Crippen molar-refractivity contribution in [3.63, 3.8) is 0 Å². The molecule has 1 fully saturated rings. The van der Waals surface area contributed by atoms with Crippen LogP contribution in [-0.2, 0) is 0 Å². The molecule has 1 amide bonds. The van der Waals surface area contributed by atoms with Crippen LogP contribution < -0.4 is 4.90 Å². The van der Waals surface area contributed by atoms with Crippen molar-refractivity contribution in [1.29, 1.82) is 0 Å². The first-order valence-electron chi connectivity index (χ1n) is 8.63. The van der Waals surface area contributed by atoms with Crippen LogP contribution in [0.25, 0.3) is 5.65 Å². The molecule has 0 atom stereocenters. The van der Waals surface area contributed by atoms with Gasteiger partial charge in [-0.05, 0) is 25.1 Å². The number of alkyl halides is 2. The minimum Gasteiger partial charge on any atom is -0.353 e.